The zero-order valence-electron chi connectivity index (χ0n) is 14.3. The van der Waals surface area contributed by atoms with Crippen LogP contribution in [0.5, 0.6) is 0 Å². The van der Waals surface area contributed by atoms with E-state index in [4.69, 9.17) is 25.8 Å². The zero-order chi connectivity index (χ0) is 18.4. The van der Waals surface area contributed by atoms with Gasteiger partial charge in [-0.15, -0.1) is 11.6 Å². The van der Waals surface area contributed by atoms with E-state index in [0.29, 0.717) is 0 Å². The molecule has 1 aliphatic heterocycles. The van der Waals surface area contributed by atoms with Gasteiger partial charge in [-0.3, -0.25) is 0 Å². The van der Waals surface area contributed by atoms with E-state index in [1.165, 1.54) is 0 Å². The minimum Gasteiger partial charge on any atom is -0.388 e. The number of alkyl halides is 1. The third-order valence-electron chi connectivity index (χ3n) is 4.36. The van der Waals surface area contributed by atoms with Crippen LogP contribution >= 0.6 is 11.6 Å². The molecule has 1 heterocycles. The Morgan fingerprint density at radius 2 is 1.31 bits per heavy atom. The average molecular weight is 379 g/mol. The van der Waals surface area contributed by atoms with E-state index < -0.39 is 30.7 Å². The van der Waals surface area contributed by atoms with Gasteiger partial charge in [0.2, 0.25) is 0 Å². The first-order valence-corrected chi connectivity index (χ1v) is 9.11. The summed E-state index contributed by atoms with van der Waals surface area (Å²) in [6, 6.07) is 19.2. The van der Waals surface area contributed by atoms with Gasteiger partial charge >= 0.3 is 0 Å². The molecule has 2 aromatic rings. The second-order valence-electron chi connectivity index (χ2n) is 6.23. The summed E-state index contributed by atoms with van der Waals surface area (Å²) >= 11 is 5.85. The van der Waals surface area contributed by atoms with Crippen molar-refractivity contribution in [3.8, 4) is 0 Å². The first kappa shape index (κ1) is 19.3. The van der Waals surface area contributed by atoms with E-state index in [2.05, 4.69) is 0 Å². The Bertz CT molecular complexity index is 654. The predicted octanol–water partition coefficient (Wildman–Crippen LogP) is 2.47. The van der Waals surface area contributed by atoms with E-state index in [-0.39, 0.29) is 19.1 Å². The molecule has 2 aromatic carbocycles. The van der Waals surface area contributed by atoms with Gasteiger partial charge < -0.3 is 24.4 Å². The topological polar surface area (TPSA) is 68.2 Å². The highest BCUT2D eigenvalue weighted by Crippen LogP contribution is 2.27. The Morgan fingerprint density at radius 1 is 0.808 bits per heavy atom. The molecule has 1 saturated heterocycles. The maximum atomic E-state index is 10.6. The van der Waals surface area contributed by atoms with Crippen molar-refractivity contribution in [2.45, 2.75) is 43.9 Å². The highest BCUT2D eigenvalue weighted by atomic mass is 35.5. The van der Waals surface area contributed by atoms with E-state index >= 15 is 0 Å². The number of rotatable bonds is 7. The smallest absolute Gasteiger partial charge is 0.184 e. The van der Waals surface area contributed by atoms with Crippen LogP contribution in [0.4, 0.5) is 0 Å². The van der Waals surface area contributed by atoms with Crippen molar-refractivity contribution in [2.75, 3.05) is 5.88 Å². The Hall–Kier alpha value is -1.47. The Morgan fingerprint density at radius 3 is 1.81 bits per heavy atom. The molecule has 0 spiro atoms. The number of ether oxygens (including phenoxy) is 3. The molecule has 1 aliphatic rings. The monoisotopic (exact) mass is 378 g/mol. The average Bonchev–Trinajstić information content (AvgIpc) is 2.69. The molecule has 0 saturated carbocycles. The van der Waals surface area contributed by atoms with Crippen LogP contribution < -0.4 is 0 Å². The van der Waals surface area contributed by atoms with Crippen LogP contribution in [0.2, 0.25) is 0 Å². The molecule has 5 nitrogen and oxygen atoms in total. The fourth-order valence-electron chi connectivity index (χ4n) is 2.94. The van der Waals surface area contributed by atoms with E-state index in [0.717, 1.165) is 11.1 Å². The van der Waals surface area contributed by atoms with Gasteiger partial charge in [0, 0.05) is 0 Å². The highest BCUT2D eigenvalue weighted by molar-refractivity contribution is 6.18. The molecule has 5 atom stereocenters. The van der Waals surface area contributed by atoms with Crippen LogP contribution in [0.15, 0.2) is 60.7 Å². The summed E-state index contributed by atoms with van der Waals surface area (Å²) in [7, 11) is 0. The lowest BCUT2D eigenvalue weighted by Crippen LogP contribution is -2.59. The standard InChI is InChI=1S/C20H23ClO5/c21-11-16-17(22)18(24-12-14-7-3-1-4-8-14)19(20(23)26-16)25-13-15-9-5-2-6-10-15/h1-10,16-20,22-23H,11-13H2/t16-,17+,18+,19-,20+/m1/s1. The Kier molecular flexibility index (Phi) is 7.02. The maximum Gasteiger partial charge on any atom is 0.184 e. The molecule has 6 heteroatoms. The molecule has 0 unspecified atom stereocenters. The molecular weight excluding hydrogens is 356 g/mol. The molecule has 0 aromatic heterocycles. The number of halogens is 1. The number of hydrogen-bond acceptors (Lipinski definition) is 5. The highest BCUT2D eigenvalue weighted by Gasteiger charge is 2.46. The molecule has 3 rings (SSSR count). The minimum absolute atomic E-state index is 0.0504. The molecular formula is C20H23ClO5. The lowest BCUT2D eigenvalue weighted by atomic mass is 9.99. The van der Waals surface area contributed by atoms with Crippen LogP contribution in [0.1, 0.15) is 11.1 Å². The van der Waals surface area contributed by atoms with E-state index in [1.807, 2.05) is 60.7 Å². The van der Waals surface area contributed by atoms with Crippen LogP contribution in [-0.2, 0) is 27.4 Å². The third kappa shape index (κ3) is 4.82. The van der Waals surface area contributed by atoms with E-state index in [9.17, 15) is 10.2 Å². The van der Waals surface area contributed by atoms with Crippen molar-refractivity contribution >= 4 is 11.6 Å². The first-order chi connectivity index (χ1) is 12.7. The molecule has 1 fully saturated rings. The predicted molar refractivity (Wildman–Crippen MR) is 97.6 cm³/mol. The van der Waals surface area contributed by atoms with Gasteiger partial charge in [-0.05, 0) is 11.1 Å². The SMILES string of the molecule is O[C@@H]1[C@H](OCc2ccccc2)[C@@H](OCc2ccccc2)[C@@H](O)O[C@@H]1CCl. The van der Waals surface area contributed by atoms with Crippen LogP contribution in [0, 0.1) is 0 Å². The minimum atomic E-state index is -1.23. The summed E-state index contributed by atoms with van der Waals surface area (Å²) in [5.74, 6) is 0.0504. The first-order valence-electron chi connectivity index (χ1n) is 8.57. The van der Waals surface area contributed by atoms with Crippen molar-refractivity contribution in [3.63, 3.8) is 0 Å². The zero-order valence-corrected chi connectivity index (χ0v) is 15.0. The molecule has 140 valence electrons. The van der Waals surface area contributed by atoms with Crippen LogP contribution in [0.25, 0.3) is 0 Å². The van der Waals surface area contributed by atoms with Gasteiger partial charge in [-0.1, -0.05) is 60.7 Å². The molecule has 0 bridgehead atoms. The quantitative estimate of drug-likeness (QED) is 0.724. The van der Waals surface area contributed by atoms with Gasteiger partial charge in [0.05, 0.1) is 19.1 Å². The maximum absolute atomic E-state index is 10.6. The molecule has 0 radical (unpaired) electrons. The van der Waals surface area contributed by atoms with Gasteiger partial charge in [-0.2, -0.15) is 0 Å². The number of aliphatic hydroxyl groups excluding tert-OH is 2. The molecule has 2 N–H and O–H groups in total. The lowest BCUT2D eigenvalue weighted by Gasteiger charge is -2.42. The van der Waals surface area contributed by atoms with Gasteiger partial charge in [0.25, 0.3) is 0 Å². The summed E-state index contributed by atoms with van der Waals surface area (Å²) in [6.07, 6.45) is -4.53. The van der Waals surface area contributed by atoms with Crippen molar-refractivity contribution in [2.24, 2.45) is 0 Å². The van der Waals surface area contributed by atoms with Crippen LogP contribution in [-0.4, -0.2) is 46.8 Å². The van der Waals surface area contributed by atoms with Crippen molar-refractivity contribution in [1.29, 1.82) is 0 Å². The number of aliphatic hydroxyl groups is 2. The lowest BCUT2D eigenvalue weighted by molar-refractivity contribution is -0.299. The summed E-state index contributed by atoms with van der Waals surface area (Å²) in [5, 5.41) is 20.9. The number of benzene rings is 2. The summed E-state index contributed by atoms with van der Waals surface area (Å²) in [5.41, 5.74) is 1.92. The fraction of sp³-hybridized carbons (Fsp3) is 0.400. The van der Waals surface area contributed by atoms with Crippen molar-refractivity contribution in [1.82, 2.24) is 0 Å². The molecule has 0 aliphatic carbocycles. The largest absolute Gasteiger partial charge is 0.388 e. The molecule has 0 amide bonds. The number of hydrogen-bond donors (Lipinski definition) is 2. The third-order valence-corrected chi connectivity index (χ3v) is 4.66. The second-order valence-corrected chi connectivity index (χ2v) is 6.54. The van der Waals surface area contributed by atoms with Crippen LogP contribution in [0.3, 0.4) is 0 Å². The summed E-state index contributed by atoms with van der Waals surface area (Å²) in [6.45, 7) is 0.560. The van der Waals surface area contributed by atoms with Gasteiger partial charge in [0.15, 0.2) is 6.29 Å². The Labute approximate surface area is 158 Å². The van der Waals surface area contributed by atoms with E-state index in [1.54, 1.807) is 0 Å². The fourth-order valence-corrected chi connectivity index (χ4v) is 3.19. The Balaban J connectivity index is 1.69. The van der Waals surface area contributed by atoms with Crippen molar-refractivity contribution in [3.05, 3.63) is 71.8 Å². The second kappa shape index (κ2) is 9.46. The molecule has 26 heavy (non-hydrogen) atoms. The van der Waals surface area contributed by atoms with Gasteiger partial charge in [0.1, 0.15) is 24.4 Å². The van der Waals surface area contributed by atoms with Crippen molar-refractivity contribution < 1.29 is 24.4 Å². The summed E-state index contributed by atoms with van der Waals surface area (Å²) in [4.78, 5) is 0. The normalized spacial score (nSPS) is 28.8. The van der Waals surface area contributed by atoms with Gasteiger partial charge in [-0.25, -0.2) is 0 Å². The summed E-state index contributed by atoms with van der Waals surface area (Å²) < 4.78 is 17.2.